The summed E-state index contributed by atoms with van der Waals surface area (Å²) in [6.07, 6.45) is -4.18. The van der Waals surface area contributed by atoms with Crippen molar-refractivity contribution in [3.63, 3.8) is 0 Å². The lowest BCUT2D eigenvalue weighted by atomic mass is 10.1. The highest BCUT2D eigenvalue weighted by molar-refractivity contribution is 5.79. The minimum absolute atomic E-state index is 0.157. The fraction of sp³-hybridized carbons (Fsp3) is 0.133. The molecule has 0 bridgehead atoms. The van der Waals surface area contributed by atoms with Crippen molar-refractivity contribution in [1.82, 2.24) is 0 Å². The Labute approximate surface area is 118 Å². The quantitative estimate of drug-likeness (QED) is 0.623. The van der Waals surface area contributed by atoms with Gasteiger partial charge < -0.3 is 4.74 Å². The van der Waals surface area contributed by atoms with Crippen molar-refractivity contribution in [1.29, 1.82) is 0 Å². The summed E-state index contributed by atoms with van der Waals surface area (Å²) in [7, 11) is 0. The van der Waals surface area contributed by atoms with E-state index in [1.54, 1.807) is 12.1 Å². The van der Waals surface area contributed by atoms with E-state index in [0.717, 1.165) is 6.07 Å². The molecule has 0 aliphatic rings. The van der Waals surface area contributed by atoms with Gasteiger partial charge in [0.1, 0.15) is 18.2 Å². The largest absolute Gasteiger partial charge is 0.488 e. The monoisotopic (exact) mass is 298 g/mol. The van der Waals surface area contributed by atoms with Gasteiger partial charge in [0.25, 0.3) is 0 Å². The predicted molar refractivity (Wildman–Crippen MR) is 67.6 cm³/mol. The van der Waals surface area contributed by atoms with Crippen LogP contribution in [0.2, 0.25) is 0 Å². The van der Waals surface area contributed by atoms with E-state index in [9.17, 15) is 22.4 Å². The number of hydrogen-bond donors (Lipinski definition) is 0. The van der Waals surface area contributed by atoms with Crippen molar-refractivity contribution in [3.8, 4) is 5.75 Å². The van der Waals surface area contributed by atoms with Crippen molar-refractivity contribution in [2.75, 3.05) is 0 Å². The average molecular weight is 298 g/mol. The minimum atomic E-state index is -4.76. The van der Waals surface area contributed by atoms with Crippen LogP contribution in [0.3, 0.4) is 0 Å². The molecule has 2 nitrogen and oxygen atoms in total. The van der Waals surface area contributed by atoms with Gasteiger partial charge in [-0.15, -0.1) is 0 Å². The number of aldehydes is 1. The first-order valence-electron chi connectivity index (χ1n) is 5.94. The molecule has 0 saturated carbocycles. The average Bonchev–Trinajstić information content (AvgIpc) is 2.45. The molecule has 110 valence electrons. The molecule has 0 radical (unpaired) electrons. The highest BCUT2D eigenvalue weighted by Crippen LogP contribution is 2.32. The van der Waals surface area contributed by atoms with E-state index in [0.29, 0.717) is 12.4 Å². The van der Waals surface area contributed by atoms with Gasteiger partial charge in [-0.05, 0) is 29.8 Å². The van der Waals surface area contributed by atoms with Gasteiger partial charge in [-0.2, -0.15) is 13.2 Å². The Kier molecular flexibility index (Phi) is 4.26. The number of carbonyl (C=O) groups excluding carboxylic acids is 1. The van der Waals surface area contributed by atoms with Crippen molar-refractivity contribution in [3.05, 3.63) is 65.0 Å². The lowest BCUT2D eigenvalue weighted by Gasteiger charge is -2.11. The number of hydrogen-bond acceptors (Lipinski definition) is 2. The minimum Gasteiger partial charge on any atom is -0.488 e. The second-order valence-electron chi connectivity index (χ2n) is 4.26. The number of carbonyl (C=O) groups is 1. The zero-order valence-electron chi connectivity index (χ0n) is 10.7. The highest BCUT2D eigenvalue weighted by Gasteiger charge is 2.34. The van der Waals surface area contributed by atoms with Crippen LogP contribution in [-0.2, 0) is 12.8 Å². The van der Waals surface area contributed by atoms with Crippen LogP contribution in [0, 0.1) is 5.82 Å². The van der Waals surface area contributed by atoms with Crippen molar-refractivity contribution >= 4 is 6.29 Å². The molecule has 0 N–H and O–H groups in total. The molecular weight excluding hydrogens is 288 g/mol. The lowest BCUT2D eigenvalue weighted by molar-refractivity contribution is -0.140. The molecule has 21 heavy (non-hydrogen) atoms. The molecule has 0 unspecified atom stereocenters. The topological polar surface area (TPSA) is 26.3 Å². The highest BCUT2D eigenvalue weighted by atomic mass is 19.4. The van der Waals surface area contributed by atoms with Gasteiger partial charge in [0.05, 0.1) is 11.1 Å². The second-order valence-corrected chi connectivity index (χ2v) is 4.26. The standard InChI is InChI=1S/C15H10F4O2/c16-13-6-5-10(7-12(13)15(17,18)19)9-21-14-4-2-1-3-11(14)8-20/h1-8H,9H2. The molecule has 0 saturated heterocycles. The third-order valence-corrected chi connectivity index (χ3v) is 2.78. The second kappa shape index (κ2) is 5.95. The van der Waals surface area contributed by atoms with Crippen LogP contribution < -0.4 is 4.74 Å². The molecule has 0 aliphatic heterocycles. The number of rotatable bonds is 4. The molecular formula is C15H10F4O2. The number of halogens is 4. The van der Waals surface area contributed by atoms with E-state index in [4.69, 9.17) is 4.74 Å². The normalized spacial score (nSPS) is 11.2. The first-order valence-corrected chi connectivity index (χ1v) is 5.94. The van der Waals surface area contributed by atoms with Crippen molar-refractivity contribution in [2.24, 2.45) is 0 Å². The summed E-state index contributed by atoms with van der Waals surface area (Å²) in [6, 6.07) is 8.95. The lowest BCUT2D eigenvalue weighted by Crippen LogP contribution is -2.09. The predicted octanol–water partition coefficient (Wildman–Crippen LogP) is 4.24. The third-order valence-electron chi connectivity index (χ3n) is 2.78. The summed E-state index contributed by atoms with van der Waals surface area (Å²) in [6.45, 7) is -0.200. The Bertz CT molecular complexity index is 650. The Morgan fingerprint density at radius 1 is 1.10 bits per heavy atom. The number of benzene rings is 2. The molecule has 0 atom stereocenters. The molecule has 0 amide bonds. The van der Waals surface area contributed by atoms with Crippen LogP contribution in [0.4, 0.5) is 17.6 Å². The van der Waals surface area contributed by atoms with Gasteiger partial charge in [0, 0.05) is 0 Å². The van der Waals surface area contributed by atoms with E-state index in [1.807, 2.05) is 0 Å². The van der Waals surface area contributed by atoms with Gasteiger partial charge in [-0.1, -0.05) is 18.2 Å². The third kappa shape index (κ3) is 3.59. The molecule has 0 aromatic heterocycles. The van der Waals surface area contributed by atoms with Gasteiger partial charge >= 0.3 is 6.18 Å². The van der Waals surface area contributed by atoms with E-state index < -0.39 is 17.6 Å². The number of para-hydroxylation sites is 1. The first-order chi connectivity index (χ1) is 9.91. The zero-order chi connectivity index (χ0) is 15.5. The van der Waals surface area contributed by atoms with Crippen LogP contribution in [-0.4, -0.2) is 6.29 Å². The summed E-state index contributed by atoms with van der Waals surface area (Å²) in [5.74, 6) is -1.08. The molecule has 2 aromatic rings. The van der Waals surface area contributed by atoms with E-state index in [-0.39, 0.29) is 23.5 Å². The Hall–Kier alpha value is -2.37. The molecule has 2 aromatic carbocycles. The molecule has 0 spiro atoms. The fourth-order valence-electron chi connectivity index (χ4n) is 1.75. The van der Waals surface area contributed by atoms with Crippen LogP contribution in [0.1, 0.15) is 21.5 Å². The fourth-order valence-corrected chi connectivity index (χ4v) is 1.75. The van der Waals surface area contributed by atoms with E-state index in [2.05, 4.69) is 0 Å². The number of alkyl halides is 3. The summed E-state index contributed by atoms with van der Waals surface area (Å²) in [4.78, 5) is 10.8. The summed E-state index contributed by atoms with van der Waals surface area (Å²) in [5.41, 5.74) is -0.896. The molecule has 0 fully saturated rings. The summed E-state index contributed by atoms with van der Waals surface area (Å²) >= 11 is 0. The van der Waals surface area contributed by atoms with Crippen molar-refractivity contribution in [2.45, 2.75) is 12.8 Å². The van der Waals surface area contributed by atoms with Gasteiger partial charge in [-0.25, -0.2) is 4.39 Å². The van der Waals surface area contributed by atoms with Gasteiger partial charge in [-0.3, -0.25) is 4.79 Å². The summed E-state index contributed by atoms with van der Waals surface area (Å²) in [5, 5.41) is 0. The Balaban J connectivity index is 2.19. The van der Waals surface area contributed by atoms with Gasteiger partial charge in [0.15, 0.2) is 6.29 Å². The van der Waals surface area contributed by atoms with Crippen LogP contribution >= 0.6 is 0 Å². The smallest absolute Gasteiger partial charge is 0.419 e. The Morgan fingerprint density at radius 3 is 2.48 bits per heavy atom. The maximum atomic E-state index is 13.1. The molecule has 6 heteroatoms. The molecule has 0 aliphatic carbocycles. The van der Waals surface area contributed by atoms with Crippen LogP contribution in [0.5, 0.6) is 5.75 Å². The number of ether oxygens (including phenoxy) is 1. The van der Waals surface area contributed by atoms with Gasteiger partial charge in [0.2, 0.25) is 0 Å². The SMILES string of the molecule is O=Cc1ccccc1OCc1ccc(F)c(C(F)(F)F)c1. The molecule has 0 heterocycles. The zero-order valence-corrected chi connectivity index (χ0v) is 10.7. The van der Waals surface area contributed by atoms with E-state index in [1.165, 1.54) is 18.2 Å². The van der Waals surface area contributed by atoms with Crippen molar-refractivity contribution < 1.29 is 27.1 Å². The van der Waals surface area contributed by atoms with E-state index >= 15 is 0 Å². The maximum absolute atomic E-state index is 13.1. The molecule has 2 rings (SSSR count). The van der Waals surface area contributed by atoms with Crippen LogP contribution in [0.15, 0.2) is 42.5 Å². The summed E-state index contributed by atoms with van der Waals surface area (Å²) < 4.78 is 56.2. The first kappa shape index (κ1) is 15.0. The Morgan fingerprint density at radius 2 is 1.81 bits per heavy atom. The van der Waals surface area contributed by atoms with Crippen LogP contribution in [0.25, 0.3) is 0 Å². The maximum Gasteiger partial charge on any atom is 0.419 e.